The quantitative estimate of drug-likeness (QED) is 0.370. The van der Waals surface area contributed by atoms with Crippen molar-refractivity contribution < 1.29 is 65.5 Å². The highest BCUT2D eigenvalue weighted by Crippen LogP contribution is 2.62. The lowest BCUT2D eigenvalue weighted by atomic mass is 9.90. The van der Waals surface area contributed by atoms with Gasteiger partial charge in [0, 0.05) is 16.2 Å². The summed E-state index contributed by atoms with van der Waals surface area (Å²) >= 11 is 0. The van der Waals surface area contributed by atoms with Crippen LogP contribution in [0.5, 0.6) is 0 Å². The van der Waals surface area contributed by atoms with Crippen LogP contribution in [-0.4, -0.2) is 38.3 Å². The molecule has 0 unspecified atom stereocenters. The van der Waals surface area contributed by atoms with Gasteiger partial charge < -0.3 is 0 Å². The van der Waals surface area contributed by atoms with E-state index in [9.17, 15) is 65.5 Å². The van der Waals surface area contributed by atoms with Gasteiger partial charge in [-0.3, -0.25) is 0 Å². The molecule has 168 valence electrons. The fourth-order valence-electron chi connectivity index (χ4n) is 1.79. The van der Waals surface area contributed by atoms with Gasteiger partial charge in [0.05, 0.1) is 4.90 Å². The molecule has 1 rings (SSSR count). The molecule has 29 heavy (non-hydrogen) atoms. The Morgan fingerprint density at radius 1 is 0.655 bits per heavy atom. The Balaban J connectivity index is 3.67. The van der Waals surface area contributed by atoms with Crippen LogP contribution in [0.15, 0.2) is 29.2 Å². The summed E-state index contributed by atoms with van der Waals surface area (Å²) in [5.74, 6) is -38.0. The van der Waals surface area contributed by atoms with Crippen molar-refractivity contribution in [3.8, 4) is 0 Å². The summed E-state index contributed by atoms with van der Waals surface area (Å²) in [6, 6.07) is -0.0816. The van der Waals surface area contributed by atoms with Crippen LogP contribution in [-0.2, 0) is 15.0 Å². The third kappa shape index (κ3) is 3.72. The molecule has 0 saturated carbocycles. The molecule has 0 radical (unpaired) electrons. The molecular formula is C12H4ClF13O2S. The van der Waals surface area contributed by atoms with Gasteiger partial charge in [-0.05, 0) is 12.1 Å². The summed E-state index contributed by atoms with van der Waals surface area (Å²) in [6.07, 6.45) is -7.52. The first-order chi connectivity index (χ1) is 12.5. The van der Waals surface area contributed by atoms with Gasteiger partial charge in [0.25, 0.3) is 9.05 Å². The second-order valence-corrected chi connectivity index (χ2v) is 7.90. The van der Waals surface area contributed by atoms with Crippen molar-refractivity contribution in [2.45, 2.75) is 40.7 Å². The number of benzene rings is 1. The van der Waals surface area contributed by atoms with Gasteiger partial charge in [-0.25, -0.2) is 8.42 Å². The average molecular weight is 495 g/mol. The summed E-state index contributed by atoms with van der Waals surface area (Å²) < 4.78 is 192. The van der Waals surface area contributed by atoms with Crippen molar-refractivity contribution in [1.82, 2.24) is 0 Å². The summed E-state index contributed by atoms with van der Waals surface area (Å²) in [4.78, 5) is -1.41. The van der Waals surface area contributed by atoms with Crippen LogP contribution in [0.1, 0.15) is 5.56 Å². The van der Waals surface area contributed by atoms with E-state index in [0.29, 0.717) is 6.07 Å². The third-order valence-corrected chi connectivity index (χ3v) is 4.76. The van der Waals surface area contributed by atoms with E-state index in [-0.39, 0.29) is 12.1 Å². The first-order valence-electron chi connectivity index (χ1n) is 6.47. The van der Waals surface area contributed by atoms with Crippen molar-refractivity contribution in [2.75, 3.05) is 0 Å². The zero-order valence-electron chi connectivity index (χ0n) is 12.8. The molecule has 0 heterocycles. The highest BCUT2D eigenvalue weighted by atomic mass is 35.7. The standard InChI is InChI=1S/C12H4ClF13O2S/c13-29(27,28)6-3-1-2-5(4-6)7(14,15)8(16,17)9(18,19)10(20,21)11(22,23)12(24,25)26/h1-4H. The predicted molar refractivity (Wildman–Crippen MR) is 69.2 cm³/mol. The third-order valence-electron chi connectivity index (χ3n) is 3.41. The van der Waals surface area contributed by atoms with E-state index < -0.39 is 61.4 Å². The number of hydrogen-bond acceptors (Lipinski definition) is 2. The predicted octanol–water partition coefficient (Wildman–Crippen LogP) is 5.81. The van der Waals surface area contributed by atoms with E-state index in [1.807, 2.05) is 0 Å². The van der Waals surface area contributed by atoms with Crippen molar-refractivity contribution in [2.24, 2.45) is 0 Å². The van der Waals surface area contributed by atoms with Crippen LogP contribution in [0, 0.1) is 0 Å². The molecule has 0 atom stereocenters. The van der Waals surface area contributed by atoms with Crippen LogP contribution in [0.3, 0.4) is 0 Å². The Morgan fingerprint density at radius 3 is 1.45 bits per heavy atom. The number of halogens is 14. The Labute approximate surface area is 156 Å². The summed E-state index contributed by atoms with van der Waals surface area (Å²) in [6.45, 7) is 0. The van der Waals surface area contributed by atoms with Gasteiger partial charge in [-0.1, -0.05) is 12.1 Å². The topological polar surface area (TPSA) is 34.1 Å². The molecule has 17 heteroatoms. The smallest absolute Gasteiger partial charge is 0.207 e. The summed E-state index contributed by atoms with van der Waals surface area (Å²) in [5.41, 5.74) is -2.44. The molecule has 0 amide bonds. The Hall–Kier alpha value is -1.45. The minimum atomic E-state index is -8.04. The van der Waals surface area contributed by atoms with Crippen molar-refractivity contribution in [3.63, 3.8) is 0 Å². The maximum absolute atomic E-state index is 13.9. The Morgan fingerprint density at radius 2 is 1.07 bits per heavy atom. The molecule has 1 aromatic carbocycles. The van der Waals surface area contributed by atoms with Crippen LogP contribution < -0.4 is 0 Å². The maximum Gasteiger partial charge on any atom is 0.460 e. The zero-order chi connectivity index (χ0) is 23.5. The van der Waals surface area contributed by atoms with Gasteiger partial charge in [-0.2, -0.15) is 57.1 Å². The SMILES string of the molecule is O=S(=O)(Cl)c1cccc(C(F)(F)C(F)(F)C(F)(F)C(F)(F)C(F)(F)C(F)(F)F)c1. The fraction of sp³-hybridized carbons (Fsp3) is 0.500. The van der Waals surface area contributed by atoms with Crippen molar-refractivity contribution in [3.05, 3.63) is 29.8 Å². The Bertz CT molecular complexity index is 876. The molecule has 0 spiro atoms. The van der Waals surface area contributed by atoms with Crippen LogP contribution in [0.25, 0.3) is 0 Å². The van der Waals surface area contributed by atoms with E-state index >= 15 is 0 Å². The molecule has 0 aliphatic rings. The van der Waals surface area contributed by atoms with Crippen LogP contribution in [0.2, 0.25) is 0 Å². The molecule has 1 aromatic rings. The summed E-state index contributed by atoms with van der Waals surface area (Å²) in [7, 11) is -0.233. The van der Waals surface area contributed by atoms with Crippen molar-refractivity contribution >= 4 is 19.7 Å². The molecule has 0 fully saturated rings. The molecule has 0 saturated heterocycles. The van der Waals surface area contributed by atoms with E-state index in [4.69, 9.17) is 10.7 Å². The highest BCUT2D eigenvalue weighted by molar-refractivity contribution is 8.13. The average Bonchev–Trinajstić information content (AvgIpc) is 2.52. The molecule has 0 aromatic heterocycles. The lowest BCUT2D eigenvalue weighted by molar-refractivity contribution is -0.441. The van der Waals surface area contributed by atoms with E-state index in [2.05, 4.69) is 0 Å². The minimum Gasteiger partial charge on any atom is -0.207 e. The first-order valence-corrected chi connectivity index (χ1v) is 8.78. The zero-order valence-corrected chi connectivity index (χ0v) is 14.4. The summed E-state index contributed by atoms with van der Waals surface area (Å²) in [5, 5.41) is 0. The van der Waals surface area contributed by atoms with E-state index in [1.165, 1.54) is 0 Å². The molecular weight excluding hydrogens is 491 g/mol. The number of rotatable bonds is 6. The highest BCUT2D eigenvalue weighted by Gasteiger charge is 2.90. The Kier molecular flexibility index (Phi) is 5.98. The monoisotopic (exact) mass is 494 g/mol. The number of hydrogen-bond donors (Lipinski definition) is 0. The lowest BCUT2D eigenvalue weighted by Gasteiger charge is -2.39. The first kappa shape index (κ1) is 25.6. The number of alkyl halides is 13. The molecule has 0 aliphatic carbocycles. The minimum absolute atomic E-state index is 0.199. The van der Waals surface area contributed by atoms with E-state index in [1.54, 1.807) is 0 Å². The van der Waals surface area contributed by atoms with Gasteiger partial charge in [-0.15, -0.1) is 0 Å². The largest absolute Gasteiger partial charge is 0.460 e. The van der Waals surface area contributed by atoms with Crippen LogP contribution in [0.4, 0.5) is 57.1 Å². The van der Waals surface area contributed by atoms with Crippen LogP contribution >= 0.6 is 10.7 Å². The second-order valence-electron chi connectivity index (χ2n) is 5.34. The van der Waals surface area contributed by atoms with Gasteiger partial charge in [0.1, 0.15) is 0 Å². The molecule has 0 bridgehead atoms. The normalized spacial score (nSPS) is 15.5. The van der Waals surface area contributed by atoms with Gasteiger partial charge in [0.2, 0.25) is 0 Å². The molecule has 2 nitrogen and oxygen atoms in total. The second kappa shape index (κ2) is 6.78. The van der Waals surface area contributed by atoms with E-state index in [0.717, 1.165) is 0 Å². The lowest BCUT2D eigenvalue weighted by Crippen LogP contribution is -2.69. The van der Waals surface area contributed by atoms with Gasteiger partial charge >= 0.3 is 35.8 Å². The maximum atomic E-state index is 13.9. The van der Waals surface area contributed by atoms with Gasteiger partial charge in [0.15, 0.2) is 0 Å². The van der Waals surface area contributed by atoms with Crippen molar-refractivity contribution in [1.29, 1.82) is 0 Å². The fourth-order valence-corrected chi connectivity index (χ4v) is 2.59. The molecule has 0 aliphatic heterocycles. The molecule has 0 N–H and O–H groups in total.